The lowest BCUT2D eigenvalue weighted by atomic mass is 10.0. The Morgan fingerprint density at radius 1 is 1.09 bits per heavy atom. The molecule has 12 heteroatoms. The Hall–Kier alpha value is -4.58. The minimum Gasteiger partial charge on any atom is -0.494 e. The summed E-state index contributed by atoms with van der Waals surface area (Å²) in [5, 5.41) is 6.66. The third-order valence-electron chi connectivity index (χ3n) is 9.05. The molecule has 0 bridgehead atoms. The largest absolute Gasteiger partial charge is 0.494 e. The van der Waals surface area contributed by atoms with Crippen LogP contribution in [0.4, 0.5) is 36.2 Å². The number of carbonyl (C=O) groups excluding carboxylic acids is 1. The van der Waals surface area contributed by atoms with Crippen LogP contribution in [-0.2, 0) is 11.0 Å². The van der Waals surface area contributed by atoms with Crippen LogP contribution in [0.15, 0.2) is 61.4 Å². The molecule has 3 aliphatic rings. The molecule has 2 aliphatic heterocycles. The van der Waals surface area contributed by atoms with Crippen LogP contribution >= 0.6 is 0 Å². The minimum absolute atomic E-state index is 0.0351. The number of nitrogens with zero attached hydrogens (tertiary/aromatic N) is 5. The average molecular weight is 618 g/mol. The molecule has 2 aromatic heterocycles. The van der Waals surface area contributed by atoms with Crippen molar-refractivity contribution in [3.8, 4) is 17.0 Å². The van der Waals surface area contributed by atoms with Crippen molar-refractivity contribution in [2.45, 2.75) is 25.1 Å². The van der Waals surface area contributed by atoms with E-state index in [1.807, 2.05) is 34.9 Å². The van der Waals surface area contributed by atoms with Gasteiger partial charge in [-0.1, -0.05) is 24.8 Å². The number of carbonyl (C=O) groups is 1. The van der Waals surface area contributed by atoms with Gasteiger partial charge in [0.15, 0.2) is 0 Å². The summed E-state index contributed by atoms with van der Waals surface area (Å²) in [5.74, 6) is 1.06. The molecule has 2 atom stereocenters. The number of benzene rings is 2. The summed E-state index contributed by atoms with van der Waals surface area (Å²) < 4.78 is 50.7. The number of fused-ring (bicyclic) bond motifs is 2. The van der Waals surface area contributed by atoms with Crippen molar-refractivity contribution < 1.29 is 22.7 Å². The van der Waals surface area contributed by atoms with Crippen LogP contribution in [0, 0.1) is 11.8 Å². The highest BCUT2D eigenvalue weighted by atomic mass is 19.4. The van der Waals surface area contributed by atoms with Gasteiger partial charge in [0.25, 0.3) is 0 Å². The van der Waals surface area contributed by atoms with Gasteiger partial charge in [0.2, 0.25) is 11.9 Å². The first-order valence-electron chi connectivity index (χ1n) is 15.0. The second kappa shape index (κ2) is 11.1. The van der Waals surface area contributed by atoms with Gasteiger partial charge in [0, 0.05) is 67.1 Å². The third-order valence-corrected chi connectivity index (χ3v) is 9.05. The number of anilines is 4. The first kappa shape index (κ1) is 29.1. The van der Waals surface area contributed by atoms with E-state index < -0.39 is 11.7 Å². The van der Waals surface area contributed by atoms with E-state index in [1.165, 1.54) is 13.2 Å². The highest BCUT2D eigenvalue weighted by molar-refractivity contribution is 6.02. The monoisotopic (exact) mass is 617 g/mol. The third kappa shape index (κ3) is 5.47. The number of alkyl halides is 3. The molecule has 2 N–H and O–H groups in total. The van der Waals surface area contributed by atoms with Crippen molar-refractivity contribution in [1.82, 2.24) is 19.4 Å². The SMILES string of the molecule is C=CC(=O)Nc1cc(Nc2ncc(C(F)(F)F)c(-c3cn(C4CC4)c4ccccc34)n2)c(OC)cc1N1C[C@H]2CN(C)C[C@H]2C1. The number of hydrogen-bond donors (Lipinski definition) is 2. The summed E-state index contributed by atoms with van der Waals surface area (Å²) in [4.78, 5) is 25.6. The molecular formula is C33H34F3N7O2. The van der Waals surface area contributed by atoms with E-state index in [-0.39, 0.29) is 23.6 Å². The van der Waals surface area contributed by atoms with Crippen LogP contribution < -0.4 is 20.3 Å². The van der Waals surface area contributed by atoms with E-state index in [9.17, 15) is 18.0 Å². The standard InChI is InChI=1S/C33H34F3N7O2/c1-4-30(44)38-25-11-26(29(45-3)12-28(25)42-16-19-14-41(2)15-20(19)17-42)39-32-37-13-24(33(34,35)36)31(40-32)23-18-43(21-9-10-21)27-8-6-5-7-22(23)27/h4-8,11-13,18-21H,1,9-10,14-17H2,2-3H3,(H,38,44)(H,37,39,40)/t19-,20+. The van der Waals surface area contributed by atoms with Crippen LogP contribution in [0.5, 0.6) is 5.75 Å². The van der Waals surface area contributed by atoms with Gasteiger partial charge < -0.3 is 29.7 Å². The molecule has 0 unspecified atom stereocenters. The Labute approximate surface area is 258 Å². The number of para-hydroxylation sites is 1. The van der Waals surface area contributed by atoms with Gasteiger partial charge in [-0.25, -0.2) is 9.97 Å². The van der Waals surface area contributed by atoms with Gasteiger partial charge in [-0.3, -0.25) is 4.79 Å². The van der Waals surface area contributed by atoms with E-state index in [2.05, 4.69) is 44.0 Å². The number of amides is 1. The van der Waals surface area contributed by atoms with Gasteiger partial charge in [-0.2, -0.15) is 13.2 Å². The number of likely N-dealkylation sites (tertiary alicyclic amines) is 1. The van der Waals surface area contributed by atoms with Crippen molar-refractivity contribution >= 4 is 39.8 Å². The zero-order valence-corrected chi connectivity index (χ0v) is 25.1. The molecule has 234 valence electrons. The first-order valence-corrected chi connectivity index (χ1v) is 15.0. The number of halogens is 3. The number of methoxy groups -OCH3 is 1. The van der Waals surface area contributed by atoms with Crippen LogP contribution in [0.2, 0.25) is 0 Å². The van der Waals surface area contributed by atoms with Crippen molar-refractivity contribution in [3.63, 3.8) is 0 Å². The fraction of sp³-hybridized carbons (Fsp3) is 0.364. The molecule has 1 amide bonds. The second-order valence-corrected chi connectivity index (χ2v) is 12.2. The van der Waals surface area contributed by atoms with Gasteiger partial charge >= 0.3 is 6.18 Å². The highest BCUT2D eigenvalue weighted by Crippen LogP contribution is 2.45. The summed E-state index contributed by atoms with van der Waals surface area (Å²) in [6.45, 7) is 7.28. The first-order chi connectivity index (χ1) is 21.6. The Balaban J connectivity index is 1.29. The smallest absolute Gasteiger partial charge is 0.419 e. The molecule has 45 heavy (non-hydrogen) atoms. The number of hydrogen-bond acceptors (Lipinski definition) is 7. The Morgan fingerprint density at radius 2 is 1.82 bits per heavy atom. The van der Waals surface area contributed by atoms with Crippen molar-refractivity contribution in [3.05, 3.63) is 67.0 Å². The minimum atomic E-state index is -4.67. The topological polar surface area (TPSA) is 87.5 Å². The van der Waals surface area contributed by atoms with Crippen molar-refractivity contribution in [2.24, 2.45) is 11.8 Å². The molecule has 2 saturated heterocycles. The second-order valence-electron chi connectivity index (χ2n) is 12.2. The molecule has 1 saturated carbocycles. The highest BCUT2D eigenvalue weighted by Gasteiger charge is 2.40. The zero-order chi connectivity index (χ0) is 31.5. The molecule has 1 aliphatic carbocycles. The molecule has 4 heterocycles. The maximum absolute atomic E-state index is 14.3. The normalized spacial score (nSPS) is 20.0. The Bertz CT molecular complexity index is 1790. The summed E-state index contributed by atoms with van der Waals surface area (Å²) in [6.07, 6.45) is 1.08. The maximum Gasteiger partial charge on any atom is 0.419 e. The fourth-order valence-electron chi connectivity index (χ4n) is 6.83. The van der Waals surface area contributed by atoms with E-state index in [0.29, 0.717) is 39.9 Å². The fourth-order valence-corrected chi connectivity index (χ4v) is 6.83. The lowest BCUT2D eigenvalue weighted by Crippen LogP contribution is -2.27. The quantitative estimate of drug-likeness (QED) is 0.224. The van der Waals surface area contributed by atoms with Gasteiger partial charge in [0.05, 0.1) is 29.9 Å². The molecule has 3 fully saturated rings. The van der Waals surface area contributed by atoms with Crippen LogP contribution in [0.25, 0.3) is 22.2 Å². The summed E-state index contributed by atoms with van der Waals surface area (Å²) >= 11 is 0. The van der Waals surface area contributed by atoms with Gasteiger partial charge in [-0.05, 0) is 49.9 Å². The van der Waals surface area contributed by atoms with Crippen molar-refractivity contribution in [2.75, 3.05) is 55.9 Å². The number of aromatic nitrogens is 3. The zero-order valence-electron chi connectivity index (χ0n) is 25.1. The summed E-state index contributed by atoms with van der Waals surface area (Å²) in [5.41, 5.74) is 1.85. The van der Waals surface area contributed by atoms with Gasteiger partial charge in [-0.15, -0.1) is 0 Å². The van der Waals surface area contributed by atoms with Crippen LogP contribution in [0.1, 0.15) is 24.4 Å². The lowest BCUT2D eigenvalue weighted by Gasteiger charge is -2.26. The molecule has 0 radical (unpaired) electrons. The van der Waals surface area contributed by atoms with Gasteiger partial charge in [0.1, 0.15) is 11.3 Å². The Morgan fingerprint density at radius 3 is 2.49 bits per heavy atom. The molecular weight excluding hydrogens is 583 g/mol. The predicted molar refractivity (Wildman–Crippen MR) is 168 cm³/mol. The average Bonchev–Trinajstić information content (AvgIpc) is 3.54. The van der Waals surface area contributed by atoms with E-state index in [0.717, 1.165) is 56.4 Å². The summed E-state index contributed by atoms with van der Waals surface area (Å²) in [7, 11) is 3.65. The number of nitrogens with one attached hydrogen (secondary N) is 2. The molecule has 7 rings (SSSR count). The number of rotatable bonds is 8. The van der Waals surface area contributed by atoms with Crippen LogP contribution in [-0.4, -0.2) is 65.7 Å². The van der Waals surface area contributed by atoms with E-state index >= 15 is 0 Å². The Kier molecular flexibility index (Phi) is 7.19. The summed E-state index contributed by atoms with van der Waals surface area (Å²) in [6, 6.07) is 11.2. The molecule has 4 aromatic rings. The molecule has 2 aromatic carbocycles. The molecule has 9 nitrogen and oxygen atoms in total. The predicted octanol–water partition coefficient (Wildman–Crippen LogP) is 6.33. The maximum atomic E-state index is 14.3. The van der Waals surface area contributed by atoms with Crippen molar-refractivity contribution in [1.29, 1.82) is 0 Å². The van der Waals surface area contributed by atoms with Crippen LogP contribution in [0.3, 0.4) is 0 Å². The van der Waals surface area contributed by atoms with E-state index in [1.54, 1.807) is 12.3 Å². The number of ether oxygens (including phenoxy) is 1. The van der Waals surface area contributed by atoms with E-state index in [4.69, 9.17) is 4.74 Å². The lowest BCUT2D eigenvalue weighted by molar-refractivity contribution is -0.137. The molecule has 0 spiro atoms.